The summed E-state index contributed by atoms with van der Waals surface area (Å²) in [7, 11) is 0. The van der Waals surface area contributed by atoms with Crippen molar-refractivity contribution in [3.63, 3.8) is 0 Å². The number of hydrogen-bond donors (Lipinski definition) is 2. The fraction of sp³-hybridized carbons (Fsp3) is 0.533. The van der Waals surface area contributed by atoms with Gasteiger partial charge in [-0.1, -0.05) is 6.92 Å². The van der Waals surface area contributed by atoms with Crippen LogP contribution in [0.1, 0.15) is 31.9 Å². The second kappa shape index (κ2) is 6.72. The number of carbonyl (C=O) groups is 2. The van der Waals surface area contributed by atoms with Gasteiger partial charge in [0.2, 0.25) is 0 Å². The molecule has 1 saturated heterocycles. The average Bonchev–Trinajstić information content (AvgIpc) is 2.46. The lowest BCUT2D eigenvalue weighted by atomic mass is 9.91. The van der Waals surface area contributed by atoms with E-state index in [2.05, 4.69) is 10.3 Å². The lowest BCUT2D eigenvalue weighted by molar-refractivity contribution is -0.143. The van der Waals surface area contributed by atoms with Gasteiger partial charge in [-0.2, -0.15) is 0 Å². The summed E-state index contributed by atoms with van der Waals surface area (Å²) in [6.45, 7) is 4.37. The Hall–Kier alpha value is -2.18. The van der Waals surface area contributed by atoms with Gasteiger partial charge in [0.05, 0.1) is 18.2 Å². The molecule has 1 aromatic rings. The predicted molar refractivity (Wildman–Crippen MR) is 77.6 cm³/mol. The molecule has 2 rings (SSSR count). The summed E-state index contributed by atoms with van der Waals surface area (Å²) < 4.78 is 13.2. The zero-order valence-electron chi connectivity index (χ0n) is 12.6. The minimum absolute atomic E-state index is 0.131. The van der Waals surface area contributed by atoms with E-state index >= 15 is 0 Å². The molecule has 0 aromatic carbocycles. The highest BCUT2D eigenvalue weighted by atomic mass is 19.1. The van der Waals surface area contributed by atoms with Crippen molar-refractivity contribution in [2.24, 2.45) is 11.8 Å². The second-order valence-electron chi connectivity index (χ2n) is 5.89. The lowest BCUT2D eigenvalue weighted by Crippen LogP contribution is -2.49. The summed E-state index contributed by atoms with van der Waals surface area (Å²) in [5, 5.41) is 11.9. The molecule has 3 atom stereocenters. The molecule has 1 aliphatic rings. The normalized spacial score (nSPS) is 23.0. The van der Waals surface area contributed by atoms with Crippen molar-refractivity contribution in [1.82, 2.24) is 15.2 Å². The third-order valence-electron chi connectivity index (χ3n) is 3.86. The number of rotatable bonds is 3. The molecule has 2 heterocycles. The molecule has 2 amide bonds. The van der Waals surface area contributed by atoms with Crippen LogP contribution in [0.4, 0.5) is 9.18 Å². The molecule has 6 nitrogen and oxygen atoms in total. The summed E-state index contributed by atoms with van der Waals surface area (Å²) in [6, 6.07) is 0.572. The zero-order valence-corrected chi connectivity index (χ0v) is 12.6. The molecule has 7 heteroatoms. The number of aliphatic carboxylic acids is 1. The Morgan fingerprint density at radius 2 is 2.18 bits per heavy atom. The summed E-state index contributed by atoms with van der Waals surface area (Å²) in [5.41, 5.74) is 0.563. The quantitative estimate of drug-likeness (QED) is 0.895. The van der Waals surface area contributed by atoms with E-state index in [1.807, 2.05) is 6.92 Å². The first-order valence-corrected chi connectivity index (χ1v) is 7.25. The Morgan fingerprint density at radius 1 is 1.45 bits per heavy atom. The van der Waals surface area contributed by atoms with E-state index in [4.69, 9.17) is 5.11 Å². The fourth-order valence-corrected chi connectivity index (χ4v) is 2.72. The Balaban J connectivity index is 2.00. The highest BCUT2D eigenvalue weighted by molar-refractivity contribution is 5.77. The van der Waals surface area contributed by atoms with E-state index in [0.717, 1.165) is 6.20 Å². The minimum Gasteiger partial charge on any atom is -0.481 e. The van der Waals surface area contributed by atoms with Gasteiger partial charge in [0, 0.05) is 19.3 Å². The SMILES string of the molecule is CC1CC(C(=O)O)CN(C(=O)NC(C)c2cncc(F)c2)C1. The summed E-state index contributed by atoms with van der Waals surface area (Å²) in [4.78, 5) is 28.7. The van der Waals surface area contributed by atoms with Crippen LogP contribution in [0.5, 0.6) is 0 Å². The zero-order chi connectivity index (χ0) is 16.3. The first-order chi connectivity index (χ1) is 10.4. The largest absolute Gasteiger partial charge is 0.481 e. The van der Waals surface area contributed by atoms with Crippen LogP contribution in [0, 0.1) is 17.7 Å². The highest BCUT2D eigenvalue weighted by Crippen LogP contribution is 2.22. The van der Waals surface area contributed by atoms with Crippen molar-refractivity contribution in [2.75, 3.05) is 13.1 Å². The van der Waals surface area contributed by atoms with E-state index in [0.29, 0.717) is 18.5 Å². The molecule has 0 radical (unpaired) electrons. The van der Waals surface area contributed by atoms with Crippen LogP contribution < -0.4 is 5.32 Å². The summed E-state index contributed by atoms with van der Waals surface area (Å²) >= 11 is 0. The Labute approximate surface area is 128 Å². The number of nitrogens with zero attached hydrogens (tertiary/aromatic N) is 2. The molecule has 1 aliphatic heterocycles. The molecule has 0 bridgehead atoms. The van der Waals surface area contributed by atoms with Gasteiger partial charge in [0.25, 0.3) is 0 Å². The first kappa shape index (κ1) is 16.2. The topological polar surface area (TPSA) is 82.5 Å². The van der Waals surface area contributed by atoms with Gasteiger partial charge < -0.3 is 15.3 Å². The molecule has 0 aliphatic carbocycles. The maximum Gasteiger partial charge on any atom is 0.317 e. The number of pyridine rings is 1. The van der Waals surface area contributed by atoms with Gasteiger partial charge in [-0.3, -0.25) is 9.78 Å². The van der Waals surface area contributed by atoms with Gasteiger partial charge in [-0.15, -0.1) is 0 Å². The molecular weight excluding hydrogens is 289 g/mol. The molecule has 1 aromatic heterocycles. The second-order valence-corrected chi connectivity index (χ2v) is 5.89. The number of urea groups is 1. The number of carbonyl (C=O) groups excluding carboxylic acids is 1. The van der Waals surface area contributed by atoms with Crippen molar-refractivity contribution in [1.29, 1.82) is 0 Å². The Bertz CT molecular complexity index is 567. The number of carboxylic acid groups (broad SMARTS) is 1. The van der Waals surface area contributed by atoms with Crippen LogP contribution in [0.2, 0.25) is 0 Å². The number of amides is 2. The standard InChI is InChI=1S/C15H20FN3O3/c1-9-3-12(14(20)21)8-19(7-9)15(22)18-10(2)11-4-13(16)6-17-5-11/h4-6,9-10,12H,3,7-8H2,1-2H3,(H,18,22)(H,20,21). The van der Waals surface area contributed by atoms with Crippen molar-refractivity contribution >= 4 is 12.0 Å². The van der Waals surface area contributed by atoms with Crippen molar-refractivity contribution < 1.29 is 19.1 Å². The Kier molecular flexibility index (Phi) is 4.95. The van der Waals surface area contributed by atoms with Gasteiger partial charge in [-0.25, -0.2) is 9.18 Å². The lowest BCUT2D eigenvalue weighted by Gasteiger charge is -2.35. The number of hydrogen-bond acceptors (Lipinski definition) is 3. The van der Waals surface area contributed by atoms with Crippen LogP contribution in [-0.4, -0.2) is 40.1 Å². The third kappa shape index (κ3) is 3.93. The average molecular weight is 309 g/mol. The maximum atomic E-state index is 13.2. The molecule has 0 saturated carbocycles. The molecule has 22 heavy (non-hydrogen) atoms. The van der Waals surface area contributed by atoms with Gasteiger partial charge in [0.15, 0.2) is 0 Å². The third-order valence-corrected chi connectivity index (χ3v) is 3.86. The maximum absolute atomic E-state index is 13.2. The van der Waals surface area contributed by atoms with Gasteiger partial charge in [0.1, 0.15) is 5.82 Å². The number of aromatic nitrogens is 1. The van der Waals surface area contributed by atoms with Crippen LogP contribution in [-0.2, 0) is 4.79 Å². The van der Waals surface area contributed by atoms with E-state index in [9.17, 15) is 14.0 Å². The smallest absolute Gasteiger partial charge is 0.317 e. The number of piperidine rings is 1. The van der Waals surface area contributed by atoms with E-state index < -0.39 is 23.7 Å². The first-order valence-electron chi connectivity index (χ1n) is 7.25. The minimum atomic E-state index is -0.883. The Morgan fingerprint density at radius 3 is 2.82 bits per heavy atom. The van der Waals surface area contributed by atoms with E-state index in [1.54, 1.807) is 6.92 Å². The predicted octanol–water partition coefficient (Wildman–Crippen LogP) is 2.03. The molecule has 120 valence electrons. The number of carboxylic acids is 1. The van der Waals surface area contributed by atoms with Crippen molar-refractivity contribution in [3.8, 4) is 0 Å². The fourth-order valence-electron chi connectivity index (χ4n) is 2.72. The van der Waals surface area contributed by atoms with Crippen molar-refractivity contribution in [2.45, 2.75) is 26.3 Å². The molecule has 3 unspecified atom stereocenters. The van der Waals surface area contributed by atoms with Crippen LogP contribution >= 0.6 is 0 Å². The number of nitrogens with one attached hydrogen (secondary N) is 1. The highest BCUT2D eigenvalue weighted by Gasteiger charge is 2.32. The molecular formula is C15H20FN3O3. The summed E-state index contributed by atoms with van der Waals surface area (Å²) in [5.74, 6) is -1.75. The van der Waals surface area contributed by atoms with Crippen molar-refractivity contribution in [3.05, 3.63) is 29.8 Å². The molecule has 0 spiro atoms. The van der Waals surface area contributed by atoms with Crippen LogP contribution in [0.25, 0.3) is 0 Å². The summed E-state index contributed by atoms with van der Waals surface area (Å²) in [6.07, 6.45) is 3.16. The molecule has 2 N–H and O–H groups in total. The number of likely N-dealkylation sites (tertiary alicyclic amines) is 1. The van der Waals surface area contributed by atoms with Gasteiger partial charge in [-0.05, 0) is 30.9 Å². The van der Waals surface area contributed by atoms with Crippen LogP contribution in [0.3, 0.4) is 0 Å². The monoisotopic (exact) mass is 309 g/mol. The van der Waals surface area contributed by atoms with Crippen LogP contribution in [0.15, 0.2) is 18.5 Å². The number of halogens is 1. The van der Waals surface area contributed by atoms with E-state index in [1.165, 1.54) is 17.2 Å². The van der Waals surface area contributed by atoms with E-state index in [-0.39, 0.29) is 18.5 Å². The van der Waals surface area contributed by atoms with Gasteiger partial charge >= 0.3 is 12.0 Å². The molecule has 1 fully saturated rings.